The summed E-state index contributed by atoms with van der Waals surface area (Å²) in [6, 6.07) is 11.5. The van der Waals surface area contributed by atoms with E-state index >= 15 is 0 Å². The van der Waals surface area contributed by atoms with E-state index in [2.05, 4.69) is 4.98 Å². The molecule has 1 heterocycles. The highest BCUT2D eigenvalue weighted by molar-refractivity contribution is 5.24. The molecule has 0 aliphatic heterocycles. The highest BCUT2D eigenvalue weighted by Gasteiger charge is 2.23. The minimum absolute atomic E-state index is 0.303. The zero-order chi connectivity index (χ0) is 12.3. The van der Waals surface area contributed by atoms with Gasteiger partial charge >= 0.3 is 0 Å². The average Bonchev–Trinajstić information content (AvgIpc) is 2.30. The van der Waals surface area contributed by atoms with Crippen molar-refractivity contribution in [2.45, 2.75) is 18.9 Å². The molecule has 0 spiro atoms. The van der Waals surface area contributed by atoms with Gasteiger partial charge in [-0.2, -0.15) is 0 Å². The lowest BCUT2D eigenvalue weighted by Gasteiger charge is -2.23. The molecule has 0 fully saturated rings. The summed E-state index contributed by atoms with van der Waals surface area (Å²) >= 11 is 0. The number of pyridine rings is 1. The number of nitrogens with zero attached hydrogens (tertiary/aromatic N) is 1. The fourth-order valence-corrected chi connectivity index (χ4v) is 1.77. The van der Waals surface area contributed by atoms with E-state index in [9.17, 15) is 9.50 Å². The third-order valence-electron chi connectivity index (χ3n) is 2.72. The summed E-state index contributed by atoms with van der Waals surface area (Å²) in [5, 5.41) is 10.4. The Bertz CT molecular complexity index is 479. The molecule has 1 N–H and O–H groups in total. The average molecular weight is 231 g/mol. The van der Waals surface area contributed by atoms with Crippen molar-refractivity contribution in [3.63, 3.8) is 0 Å². The van der Waals surface area contributed by atoms with Crippen LogP contribution in [-0.4, -0.2) is 10.1 Å². The SMILES string of the molecule is CC(O)(Cc1ccccn1)c1ccc(F)cc1. The van der Waals surface area contributed by atoms with E-state index in [1.807, 2.05) is 18.2 Å². The zero-order valence-corrected chi connectivity index (χ0v) is 9.60. The zero-order valence-electron chi connectivity index (χ0n) is 9.60. The van der Waals surface area contributed by atoms with E-state index in [4.69, 9.17) is 0 Å². The van der Waals surface area contributed by atoms with Crippen molar-refractivity contribution in [2.24, 2.45) is 0 Å². The maximum absolute atomic E-state index is 12.8. The monoisotopic (exact) mass is 231 g/mol. The Morgan fingerprint density at radius 1 is 1.18 bits per heavy atom. The van der Waals surface area contributed by atoms with Gasteiger partial charge in [-0.25, -0.2) is 4.39 Å². The van der Waals surface area contributed by atoms with Gasteiger partial charge in [-0.1, -0.05) is 18.2 Å². The van der Waals surface area contributed by atoms with E-state index in [0.717, 1.165) is 5.69 Å². The van der Waals surface area contributed by atoms with E-state index in [1.165, 1.54) is 12.1 Å². The summed E-state index contributed by atoms with van der Waals surface area (Å²) in [6.45, 7) is 1.70. The number of aromatic nitrogens is 1. The summed E-state index contributed by atoms with van der Waals surface area (Å²) in [7, 11) is 0. The number of hydrogen-bond donors (Lipinski definition) is 1. The Labute approximate surface area is 99.8 Å². The van der Waals surface area contributed by atoms with E-state index in [-0.39, 0.29) is 5.82 Å². The van der Waals surface area contributed by atoms with Crippen LogP contribution in [0.4, 0.5) is 4.39 Å². The number of benzene rings is 1. The molecule has 2 rings (SSSR count). The molecule has 0 radical (unpaired) electrons. The summed E-state index contributed by atoms with van der Waals surface area (Å²) in [5.41, 5.74) is 0.452. The fraction of sp³-hybridized carbons (Fsp3) is 0.214. The molecular weight excluding hydrogens is 217 g/mol. The maximum Gasteiger partial charge on any atom is 0.123 e. The Kier molecular flexibility index (Phi) is 3.20. The van der Waals surface area contributed by atoms with Crippen molar-refractivity contribution >= 4 is 0 Å². The van der Waals surface area contributed by atoms with Gasteiger partial charge in [-0.05, 0) is 36.8 Å². The van der Waals surface area contributed by atoms with Gasteiger partial charge in [-0.15, -0.1) is 0 Å². The maximum atomic E-state index is 12.8. The molecule has 0 bridgehead atoms. The van der Waals surface area contributed by atoms with Crippen LogP contribution in [0, 0.1) is 5.82 Å². The molecule has 0 aliphatic rings. The van der Waals surface area contributed by atoms with Gasteiger partial charge in [0.1, 0.15) is 5.82 Å². The van der Waals surface area contributed by atoms with Crippen molar-refractivity contribution in [1.82, 2.24) is 4.98 Å². The van der Waals surface area contributed by atoms with E-state index in [0.29, 0.717) is 12.0 Å². The van der Waals surface area contributed by atoms with Gasteiger partial charge in [0.2, 0.25) is 0 Å². The second-order valence-corrected chi connectivity index (χ2v) is 4.28. The number of rotatable bonds is 3. The van der Waals surface area contributed by atoms with Crippen LogP contribution in [0.25, 0.3) is 0 Å². The quantitative estimate of drug-likeness (QED) is 0.881. The molecule has 0 amide bonds. The molecule has 88 valence electrons. The lowest BCUT2D eigenvalue weighted by Crippen LogP contribution is -2.24. The third-order valence-corrected chi connectivity index (χ3v) is 2.72. The number of hydrogen-bond acceptors (Lipinski definition) is 2. The Hall–Kier alpha value is -1.74. The van der Waals surface area contributed by atoms with Crippen molar-refractivity contribution in [1.29, 1.82) is 0 Å². The molecular formula is C14H14FNO. The molecule has 3 heteroatoms. The molecule has 17 heavy (non-hydrogen) atoms. The summed E-state index contributed by atoms with van der Waals surface area (Å²) in [5.74, 6) is -0.303. The first-order valence-corrected chi connectivity index (χ1v) is 5.46. The van der Waals surface area contributed by atoms with Gasteiger partial charge in [-0.3, -0.25) is 4.98 Å². The molecule has 2 nitrogen and oxygen atoms in total. The van der Waals surface area contributed by atoms with Crippen molar-refractivity contribution < 1.29 is 9.50 Å². The molecule has 1 aromatic carbocycles. The van der Waals surface area contributed by atoms with Crippen LogP contribution in [0.2, 0.25) is 0 Å². The normalized spacial score (nSPS) is 14.3. The van der Waals surface area contributed by atoms with Crippen LogP contribution in [0.1, 0.15) is 18.2 Å². The first-order chi connectivity index (χ1) is 8.08. The molecule has 0 saturated heterocycles. The molecule has 1 atom stereocenters. The Morgan fingerprint density at radius 3 is 2.47 bits per heavy atom. The standard InChI is InChI=1S/C14H14FNO/c1-14(17,10-13-4-2-3-9-16-13)11-5-7-12(15)8-6-11/h2-9,17H,10H2,1H3. The van der Waals surface area contributed by atoms with Gasteiger partial charge in [0, 0.05) is 18.3 Å². The van der Waals surface area contributed by atoms with E-state index in [1.54, 1.807) is 25.3 Å². The minimum Gasteiger partial charge on any atom is -0.385 e. The predicted octanol–water partition coefficient (Wildman–Crippen LogP) is 2.67. The number of halogens is 1. The fourth-order valence-electron chi connectivity index (χ4n) is 1.77. The van der Waals surface area contributed by atoms with Gasteiger partial charge in [0.15, 0.2) is 0 Å². The number of aliphatic hydroxyl groups is 1. The highest BCUT2D eigenvalue weighted by Crippen LogP contribution is 2.24. The lowest BCUT2D eigenvalue weighted by molar-refractivity contribution is 0.0565. The lowest BCUT2D eigenvalue weighted by atomic mass is 9.91. The second kappa shape index (κ2) is 4.63. The first-order valence-electron chi connectivity index (χ1n) is 5.46. The largest absolute Gasteiger partial charge is 0.385 e. The predicted molar refractivity (Wildman–Crippen MR) is 63.9 cm³/mol. The Morgan fingerprint density at radius 2 is 1.88 bits per heavy atom. The van der Waals surface area contributed by atoms with Gasteiger partial charge in [0.05, 0.1) is 5.60 Å². The molecule has 0 saturated carbocycles. The van der Waals surface area contributed by atoms with Crippen LogP contribution in [0.3, 0.4) is 0 Å². The van der Waals surface area contributed by atoms with Crippen LogP contribution in [0.15, 0.2) is 48.7 Å². The summed E-state index contributed by atoms with van der Waals surface area (Å²) in [6.07, 6.45) is 2.09. The van der Waals surface area contributed by atoms with Crippen molar-refractivity contribution in [3.05, 3.63) is 65.7 Å². The Balaban J connectivity index is 2.21. The summed E-state index contributed by atoms with van der Waals surface area (Å²) < 4.78 is 12.8. The molecule has 2 aromatic rings. The van der Waals surface area contributed by atoms with Crippen molar-refractivity contribution in [2.75, 3.05) is 0 Å². The first kappa shape index (κ1) is 11.7. The van der Waals surface area contributed by atoms with Gasteiger partial charge < -0.3 is 5.11 Å². The molecule has 1 unspecified atom stereocenters. The van der Waals surface area contributed by atoms with Crippen LogP contribution in [-0.2, 0) is 12.0 Å². The smallest absolute Gasteiger partial charge is 0.123 e. The van der Waals surface area contributed by atoms with Crippen LogP contribution >= 0.6 is 0 Å². The second-order valence-electron chi connectivity index (χ2n) is 4.28. The van der Waals surface area contributed by atoms with Gasteiger partial charge in [0.25, 0.3) is 0 Å². The minimum atomic E-state index is -1.04. The third kappa shape index (κ3) is 2.88. The topological polar surface area (TPSA) is 33.1 Å². The molecule has 0 aliphatic carbocycles. The highest BCUT2D eigenvalue weighted by atomic mass is 19.1. The van der Waals surface area contributed by atoms with Crippen LogP contribution in [0.5, 0.6) is 0 Å². The van der Waals surface area contributed by atoms with E-state index < -0.39 is 5.60 Å². The molecule has 1 aromatic heterocycles. The summed E-state index contributed by atoms with van der Waals surface area (Å²) in [4.78, 5) is 4.17. The van der Waals surface area contributed by atoms with Crippen LogP contribution < -0.4 is 0 Å². The van der Waals surface area contributed by atoms with Crippen molar-refractivity contribution in [3.8, 4) is 0 Å².